The molecule has 2 heterocycles. The third-order valence-corrected chi connectivity index (χ3v) is 4.85. The first-order valence-corrected chi connectivity index (χ1v) is 9.53. The molecule has 0 saturated heterocycles. The molecule has 0 atom stereocenters. The number of hydrogen-bond donors (Lipinski definition) is 0. The number of carbonyl (C=O) groups excluding carboxylic acids is 1. The van der Waals surface area contributed by atoms with Gasteiger partial charge in [-0.2, -0.15) is 0 Å². The molecular weight excluding hydrogens is 358 g/mol. The summed E-state index contributed by atoms with van der Waals surface area (Å²) in [4.78, 5) is 24.0. The van der Waals surface area contributed by atoms with E-state index in [1.165, 1.54) is 29.7 Å². The van der Waals surface area contributed by atoms with E-state index in [0.29, 0.717) is 16.9 Å². The van der Waals surface area contributed by atoms with Crippen LogP contribution in [0.2, 0.25) is 4.47 Å². The molecule has 7 heteroatoms. The van der Waals surface area contributed by atoms with E-state index in [-0.39, 0.29) is 12.5 Å². The number of halogens is 1. The summed E-state index contributed by atoms with van der Waals surface area (Å²) >= 11 is 7.37. The minimum atomic E-state index is -0.514. The number of rotatable bonds is 6. The lowest BCUT2D eigenvalue weighted by molar-refractivity contribution is -0.153. The molecule has 2 aromatic heterocycles. The minimum absolute atomic E-state index is 0.142. The van der Waals surface area contributed by atoms with E-state index >= 15 is 0 Å². The molecule has 0 aliphatic heterocycles. The van der Waals surface area contributed by atoms with Crippen LogP contribution in [0.5, 0.6) is 0 Å². The van der Waals surface area contributed by atoms with Gasteiger partial charge in [0, 0.05) is 17.3 Å². The van der Waals surface area contributed by atoms with Gasteiger partial charge < -0.3 is 9.64 Å². The summed E-state index contributed by atoms with van der Waals surface area (Å²) in [5, 5.41) is 0. The third-order valence-electron chi connectivity index (χ3n) is 3.75. The van der Waals surface area contributed by atoms with Crippen LogP contribution in [-0.4, -0.2) is 28.1 Å². The molecule has 25 heavy (non-hydrogen) atoms. The van der Waals surface area contributed by atoms with Gasteiger partial charge in [-0.15, -0.1) is 11.3 Å². The number of anilines is 1. The van der Waals surface area contributed by atoms with Crippen LogP contribution in [0.3, 0.4) is 0 Å². The normalized spacial score (nSPS) is 14.4. The summed E-state index contributed by atoms with van der Waals surface area (Å²) in [6, 6.07) is 4.05. The van der Waals surface area contributed by atoms with Crippen molar-refractivity contribution in [3.63, 3.8) is 0 Å². The number of nitrogens with zero attached hydrogens (tertiary/aromatic N) is 3. The zero-order chi connectivity index (χ0) is 18.0. The lowest BCUT2D eigenvalue weighted by Crippen LogP contribution is -2.35. The second-order valence-electron chi connectivity index (χ2n) is 7.21. The predicted molar refractivity (Wildman–Crippen MR) is 100 cm³/mol. The quantitative estimate of drug-likeness (QED) is 0.695. The van der Waals surface area contributed by atoms with Gasteiger partial charge in [-0.1, -0.05) is 17.7 Å². The van der Waals surface area contributed by atoms with E-state index in [1.807, 2.05) is 31.7 Å². The highest BCUT2D eigenvalue weighted by molar-refractivity contribution is 7.15. The highest BCUT2D eigenvalue weighted by atomic mass is 35.5. The van der Waals surface area contributed by atoms with Gasteiger partial charge in [0.15, 0.2) is 4.47 Å². The third kappa shape index (κ3) is 5.16. The molecule has 0 bridgehead atoms. The van der Waals surface area contributed by atoms with E-state index in [9.17, 15) is 4.79 Å². The van der Waals surface area contributed by atoms with E-state index < -0.39 is 5.60 Å². The second-order valence-corrected chi connectivity index (χ2v) is 8.91. The van der Waals surface area contributed by atoms with E-state index in [2.05, 4.69) is 16.0 Å². The number of carbonyl (C=O) groups is 1. The maximum atomic E-state index is 12.4. The van der Waals surface area contributed by atoms with Gasteiger partial charge in [0.2, 0.25) is 0 Å². The minimum Gasteiger partial charge on any atom is -0.459 e. The molecule has 1 aliphatic carbocycles. The maximum Gasteiger partial charge on any atom is 0.326 e. The summed E-state index contributed by atoms with van der Waals surface area (Å²) < 4.78 is 6.00. The van der Waals surface area contributed by atoms with Crippen molar-refractivity contribution in [2.45, 2.75) is 51.7 Å². The Morgan fingerprint density at radius 3 is 2.76 bits per heavy atom. The van der Waals surface area contributed by atoms with Gasteiger partial charge >= 0.3 is 5.97 Å². The van der Waals surface area contributed by atoms with Gasteiger partial charge in [0.05, 0.1) is 6.54 Å². The Labute approximate surface area is 157 Å². The van der Waals surface area contributed by atoms with Crippen LogP contribution in [0, 0.1) is 0 Å². The highest BCUT2D eigenvalue weighted by Crippen LogP contribution is 2.43. The molecule has 3 rings (SSSR count). The van der Waals surface area contributed by atoms with Crippen LogP contribution >= 0.6 is 22.9 Å². The first kappa shape index (κ1) is 18.1. The van der Waals surface area contributed by atoms with Crippen LogP contribution in [0.25, 0.3) is 0 Å². The van der Waals surface area contributed by atoms with Gasteiger partial charge in [-0.05, 0) is 51.2 Å². The SMILES string of the molecule is CC(C)(C)OC(=O)CN(Cc1cnc(Cl)s1)c1ncccc1C1CC1. The molecule has 0 spiro atoms. The summed E-state index contributed by atoms with van der Waals surface area (Å²) in [5.41, 5.74) is 0.682. The molecule has 0 aromatic carbocycles. The first-order chi connectivity index (χ1) is 11.8. The lowest BCUT2D eigenvalue weighted by Gasteiger charge is -2.27. The monoisotopic (exact) mass is 379 g/mol. The van der Waals surface area contributed by atoms with Crippen molar-refractivity contribution in [1.29, 1.82) is 0 Å². The van der Waals surface area contributed by atoms with Crippen molar-refractivity contribution < 1.29 is 9.53 Å². The average Bonchev–Trinajstić information content (AvgIpc) is 3.28. The molecule has 134 valence electrons. The predicted octanol–water partition coefficient (Wildman–Crippen LogP) is 4.42. The van der Waals surface area contributed by atoms with Crippen LogP contribution < -0.4 is 4.90 Å². The summed E-state index contributed by atoms with van der Waals surface area (Å²) in [5.74, 6) is 1.12. The van der Waals surface area contributed by atoms with Crippen LogP contribution in [-0.2, 0) is 16.1 Å². The van der Waals surface area contributed by atoms with E-state index in [0.717, 1.165) is 10.7 Å². The van der Waals surface area contributed by atoms with Crippen molar-refractivity contribution >= 4 is 34.7 Å². The fourth-order valence-corrected chi connectivity index (χ4v) is 3.66. The summed E-state index contributed by atoms with van der Waals surface area (Å²) in [7, 11) is 0. The Bertz CT molecular complexity index is 753. The van der Waals surface area contributed by atoms with Crippen molar-refractivity contribution in [2.24, 2.45) is 0 Å². The number of ether oxygens (including phenoxy) is 1. The molecule has 0 amide bonds. The van der Waals surface area contributed by atoms with Crippen molar-refractivity contribution in [1.82, 2.24) is 9.97 Å². The average molecular weight is 380 g/mol. The molecule has 1 fully saturated rings. The second kappa shape index (κ2) is 7.30. The van der Waals surface area contributed by atoms with Crippen molar-refractivity contribution in [2.75, 3.05) is 11.4 Å². The fourth-order valence-electron chi connectivity index (χ4n) is 2.67. The Balaban J connectivity index is 1.85. The Morgan fingerprint density at radius 2 is 2.16 bits per heavy atom. The number of pyridine rings is 1. The standard InChI is InChI=1S/C18H22ClN3O2S/c1-18(2,3)24-15(23)11-22(10-13-9-21-17(19)25-13)16-14(12-6-7-12)5-4-8-20-16/h4-5,8-9,12H,6-7,10-11H2,1-3H3. The number of esters is 1. The lowest BCUT2D eigenvalue weighted by atomic mass is 10.1. The molecule has 1 saturated carbocycles. The van der Waals surface area contributed by atoms with Crippen LogP contribution in [0.4, 0.5) is 5.82 Å². The topological polar surface area (TPSA) is 55.3 Å². The molecular formula is C18H22ClN3O2S. The molecule has 5 nitrogen and oxygen atoms in total. The van der Waals surface area contributed by atoms with Gasteiger partial charge in [0.25, 0.3) is 0 Å². The molecule has 2 aromatic rings. The largest absolute Gasteiger partial charge is 0.459 e. The molecule has 0 unspecified atom stereocenters. The zero-order valence-corrected chi connectivity index (χ0v) is 16.2. The Kier molecular flexibility index (Phi) is 5.29. The Hall–Kier alpha value is -1.66. The summed E-state index contributed by atoms with van der Waals surface area (Å²) in [6.07, 6.45) is 5.86. The van der Waals surface area contributed by atoms with Gasteiger partial charge in [-0.25, -0.2) is 9.97 Å². The van der Waals surface area contributed by atoms with Gasteiger partial charge in [-0.3, -0.25) is 4.79 Å². The van der Waals surface area contributed by atoms with Crippen LogP contribution in [0.1, 0.15) is 50.0 Å². The number of aromatic nitrogens is 2. The maximum absolute atomic E-state index is 12.4. The molecule has 0 N–H and O–H groups in total. The Morgan fingerprint density at radius 1 is 1.40 bits per heavy atom. The van der Waals surface area contributed by atoms with Gasteiger partial charge in [0.1, 0.15) is 18.0 Å². The smallest absolute Gasteiger partial charge is 0.326 e. The molecule has 1 aliphatic rings. The number of thiazole rings is 1. The molecule has 0 radical (unpaired) electrons. The summed E-state index contributed by atoms with van der Waals surface area (Å²) in [6.45, 7) is 6.28. The fraction of sp³-hybridized carbons (Fsp3) is 0.500. The van der Waals surface area contributed by atoms with Crippen LogP contribution in [0.15, 0.2) is 24.5 Å². The highest BCUT2D eigenvalue weighted by Gasteiger charge is 2.30. The van der Waals surface area contributed by atoms with Crippen molar-refractivity contribution in [3.8, 4) is 0 Å². The number of hydrogen-bond acceptors (Lipinski definition) is 6. The van der Waals surface area contributed by atoms with Crippen molar-refractivity contribution in [3.05, 3.63) is 39.4 Å². The zero-order valence-electron chi connectivity index (χ0n) is 14.7. The van der Waals surface area contributed by atoms with E-state index in [4.69, 9.17) is 16.3 Å². The van der Waals surface area contributed by atoms with E-state index in [1.54, 1.807) is 12.4 Å². The first-order valence-electron chi connectivity index (χ1n) is 8.34.